The number of hydrogen-bond acceptors (Lipinski definition) is 3. The summed E-state index contributed by atoms with van der Waals surface area (Å²) in [6.45, 7) is 4.16. The molecule has 0 radical (unpaired) electrons. The molecule has 3 nitrogen and oxygen atoms in total. The standard InChI is InChI=1S/C3H10N3P/c1-5-7-3-2-6-4/h6-7H,1-4H2. The molecule has 0 aromatic carbocycles. The van der Waals surface area contributed by atoms with Crippen molar-refractivity contribution in [1.29, 1.82) is 0 Å². The SMILES string of the molecule is C=NPCCNN. The Labute approximate surface area is 45.2 Å². The second-order valence-electron chi connectivity index (χ2n) is 1.02. The third kappa shape index (κ3) is 6.02. The summed E-state index contributed by atoms with van der Waals surface area (Å²) in [7, 11) is 0.593. The van der Waals surface area contributed by atoms with E-state index < -0.39 is 0 Å². The molecule has 0 heterocycles. The molecule has 0 fully saturated rings. The Morgan fingerprint density at radius 3 is 3.00 bits per heavy atom. The molecule has 0 aromatic rings. The number of rotatable bonds is 4. The summed E-state index contributed by atoms with van der Waals surface area (Å²) in [5.74, 6) is 4.96. The van der Waals surface area contributed by atoms with Gasteiger partial charge in [0.15, 0.2) is 0 Å². The number of hydrogen-bond donors (Lipinski definition) is 2. The van der Waals surface area contributed by atoms with Crippen LogP contribution in [0.3, 0.4) is 0 Å². The van der Waals surface area contributed by atoms with Crippen molar-refractivity contribution in [2.24, 2.45) is 10.6 Å². The molecule has 1 unspecified atom stereocenters. The molecule has 0 bridgehead atoms. The van der Waals surface area contributed by atoms with Crippen LogP contribution in [-0.4, -0.2) is 19.4 Å². The number of nitrogens with one attached hydrogen (secondary N) is 1. The second-order valence-corrected chi connectivity index (χ2v) is 2.15. The topological polar surface area (TPSA) is 50.4 Å². The lowest BCUT2D eigenvalue weighted by Gasteiger charge is -1.90. The molecule has 0 rings (SSSR count). The van der Waals surface area contributed by atoms with Crippen LogP contribution < -0.4 is 11.3 Å². The molecule has 7 heavy (non-hydrogen) atoms. The van der Waals surface area contributed by atoms with Crippen LogP contribution in [0.5, 0.6) is 0 Å². The van der Waals surface area contributed by atoms with Crippen LogP contribution in [0, 0.1) is 0 Å². The van der Waals surface area contributed by atoms with Crippen molar-refractivity contribution in [2.45, 2.75) is 0 Å². The van der Waals surface area contributed by atoms with Gasteiger partial charge in [0.1, 0.15) is 0 Å². The van der Waals surface area contributed by atoms with Crippen LogP contribution in [0.15, 0.2) is 4.76 Å². The Morgan fingerprint density at radius 2 is 2.57 bits per heavy atom. The maximum Gasteiger partial charge on any atom is 0.0151 e. The predicted octanol–water partition coefficient (Wildman–Crippen LogP) is -0.256. The van der Waals surface area contributed by atoms with E-state index in [1.807, 2.05) is 0 Å². The maximum absolute atomic E-state index is 4.96. The zero-order valence-corrected chi connectivity index (χ0v) is 5.15. The van der Waals surface area contributed by atoms with E-state index in [-0.39, 0.29) is 0 Å². The summed E-state index contributed by atoms with van der Waals surface area (Å²) in [5, 5.41) is 0. The Bertz CT molecular complexity index is 47.4. The summed E-state index contributed by atoms with van der Waals surface area (Å²) < 4.78 is 3.66. The average molecular weight is 119 g/mol. The lowest BCUT2D eigenvalue weighted by molar-refractivity contribution is 0.786. The molecule has 42 valence electrons. The molecule has 0 aromatic heterocycles. The first-order valence-corrected chi connectivity index (χ1v) is 3.19. The smallest absolute Gasteiger partial charge is 0.0151 e. The van der Waals surface area contributed by atoms with Crippen molar-refractivity contribution >= 4 is 15.4 Å². The highest BCUT2D eigenvalue weighted by Crippen LogP contribution is 2.05. The van der Waals surface area contributed by atoms with E-state index >= 15 is 0 Å². The lowest BCUT2D eigenvalue weighted by Crippen LogP contribution is -2.23. The van der Waals surface area contributed by atoms with Gasteiger partial charge in [-0.15, -0.1) is 0 Å². The summed E-state index contributed by atoms with van der Waals surface area (Å²) in [6, 6.07) is 0. The number of nitrogens with zero attached hydrogens (tertiary/aromatic N) is 1. The van der Waals surface area contributed by atoms with E-state index in [4.69, 9.17) is 5.84 Å². The van der Waals surface area contributed by atoms with Gasteiger partial charge in [0.25, 0.3) is 0 Å². The van der Waals surface area contributed by atoms with Crippen molar-refractivity contribution in [3.05, 3.63) is 0 Å². The van der Waals surface area contributed by atoms with Crippen LogP contribution in [0.2, 0.25) is 0 Å². The largest absolute Gasteiger partial charge is 0.281 e. The highest BCUT2D eigenvalue weighted by molar-refractivity contribution is 7.36. The van der Waals surface area contributed by atoms with Crippen molar-refractivity contribution in [1.82, 2.24) is 5.43 Å². The fourth-order valence-electron chi connectivity index (χ4n) is 0.207. The van der Waals surface area contributed by atoms with Gasteiger partial charge in [-0.3, -0.25) is 16.0 Å². The minimum absolute atomic E-state index is 0.593. The van der Waals surface area contributed by atoms with Crippen molar-refractivity contribution in [3.63, 3.8) is 0 Å². The third-order valence-electron chi connectivity index (χ3n) is 0.493. The zero-order chi connectivity index (χ0) is 5.54. The van der Waals surface area contributed by atoms with Crippen molar-refractivity contribution < 1.29 is 0 Å². The molecule has 0 saturated carbocycles. The highest BCUT2D eigenvalue weighted by Gasteiger charge is 1.76. The number of hydrazine groups is 1. The van der Waals surface area contributed by atoms with E-state index in [1.165, 1.54) is 0 Å². The van der Waals surface area contributed by atoms with Crippen LogP contribution in [0.4, 0.5) is 0 Å². The van der Waals surface area contributed by atoms with Crippen LogP contribution in [0.1, 0.15) is 0 Å². The Hall–Kier alpha value is 0.0200. The van der Waals surface area contributed by atoms with Crippen LogP contribution in [0.25, 0.3) is 0 Å². The van der Waals surface area contributed by atoms with Gasteiger partial charge in [0.05, 0.1) is 0 Å². The van der Waals surface area contributed by atoms with Crippen molar-refractivity contribution in [3.8, 4) is 0 Å². The normalized spacial score (nSPS) is 10.4. The molecule has 3 N–H and O–H groups in total. The molecule has 0 saturated heterocycles. The molecule has 0 amide bonds. The predicted molar refractivity (Wildman–Crippen MR) is 34.9 cm³/mol. The summed E-state index contributed by atoms with van der Waals surface area (Å²) in [6.07, 6.45) is 1.00. The Morgan fingerprint density at radius 1 is 1.86 bits per heavy atom. The van der Waals surface area contributed by atoms with Gasteiger partial charge in [0, 0.05) is 15.3 Å². The molecular weight excluding hydrogens is 109 g/mol. The lowest BCUT2D eigenvalue weighted by atomic mass is 10.8. The summed E-state index contributed by atoms with van der Waals surface area (Å²) in [5.41, 5.74) is 2.52. The summed E-state index contributed by atoms with van der Waals surface area (Å²) >= 11 is 0. The Kier molecular flexibility index (Phi) is 6.04. The van der Waals surface area contributed by atoms with Gasteiger partial charge in [-0.2, -0.15) is 0 Å². The zero-order valence-electron chi connectivity index (χ0n) is 4.15. The first-order valence-electron chi connectivity index (χ1n) is 2.04. The molecule has 0 aliphatic carbocycles. The van der Waals surface area contributed by atoms with E-state index in [9.17, 15) is 0 Å². The van der Waals surface area contributed by atoms with E-state index in [0.717, 1.165) is 12.7 Å². The van der Waals surface area contributed by atoms with E-state index in [1.54, 1.807) is 0 Å². The van der Waals surface area contributed by atoms with Gasteiger partial charge >= 0.3 is 0 Å². The molecular formula is C3H10N3P. The third-order valence-corrected chi connectivity index (χ3v) is 1.19. The monoisotopic (exact) mass is 119 g/mol. The fourth-order valence-corrected chi connectivity index (χ4v) is 0.621. The Balaban J connectivity index is 2.56. The first kappa shape index (κ1) is 7.02. The quantitative estimate of drug-likeness (QED) is 0.176. The first-order chi connectivity index (χ1) is 3.41. The molecule has 0 aliphatic heterocycles. The van der Waals surface area contributed by atoms with E-state index in [2.05, 4.69) is 16.9 Å². The van der Waals surface area contributed by atoms with Gasteiger partial charge in [-0.1, -0.05) is 0 Å². The van der Waals surface area contributed by atoms with Crippen LogP contribution >= 0.6 is 8.73 Å². The summed E-state index contributed by atoms with van der Waals surface area (Å²) in [4.78, 5) is 0. The molecule has 4 heteroatoms. The van der Waals surface area contributed by atoms with Gasteiger partial charge in [-0.05, 0) is 12.9 Å². The minimum Gasteiger partial charge on any atom is -0.281 e. The van der Waals surface area contributed by atoms with Gasteiger partial charge in [0.2, 0.25) is 0 Å². The maximum atomic E-state index is 4.96. The van der Waals surface area contributed by atoms with Crippen molar-refractivity contribution in [2.75, 3.05) is 12.7 Å². The van der Waals surface area contributed by atoms with Crippen LogP contribution in [-0.2, 0) is 0 Å². The fraction of sp³-hybridized carbons (Fsp3) is 0.667. The highest BCUT2D eigenvalue weighted by atomic mass is 31.1. The van der Waals surface area contributed by atoms with Gasteiger partial charge < -0.3 is 0 Å². The average Bonchev–Trinajstić information content (AvgIpc) is 1.69. The number of nitrogens with two attached hydrogens (primary N) is 1. The second kappa shape index (κ2) is 6.02. The molecule has 0 aliphatic rings. The van der Waals surface area contributed by atoms with Gasteiger partial charge in [-0.25, -0.2) is 0 Å². The molecule has 0 spiro atoms. The minimum atomic E-state index is 0.593. The molecule has 1 atom stereocenters. The van der Waals surface area contributed by atoms with E-state index in [0.29, 0.717) is 8.73 Å².